The van der Waals surface area contributed by atoms with Gasteiger partial charge in [0.15, 0.2) is 0 Å². The molecule has 0 saturated carbocycles. The molecule has 0 bridgehead atoms. The average molecular weight is 358 g/mol. The molecule has 1 unspecified atom stereocenters. The molecule has 0 spiro atoms. The zero-order valence-corrected chi connectivity index (χ0v) is 15.7. The molecule has 3 amide bonds. The van der Waals surface area contributed by atoms with Gasteiger partial charge < -0.3 is 5.11 Å². The van der Waals surface area contributed by atoms with Crippen LogP contribution in [0.15, 0.2) is 36.5 Å². The quantitative estimate of drug-likeness (QED) is 0.357. The first-order valence-electron chi connectivity index (χ1n) is 9.19. The van der Waals surface area contributed by atoms with Crippen LogP contribution < -0.4 is 5.32 Å². The van der Waals surface area contributed by atoms with Crippen LogP contribution >= 0.6 is 0 Å². The SMILES string of the molecule is C=CCCCC/C=C(\C)C/C=C\CCC#CC1CN(CO)C(=O)NC1=O. The molecule has 1 atom stereocenters. The maximum atomic E-state index is 11.7. The summed E-state index contributed by atoms with van der Waals surface area (Å²) >= 11 is 0. The Morgan fingerprint density at radius 2 is 2.08 bits per heavy atom. The lowest BCUT2D eigenvalue weighted by Gasteiger charge is -2.27. The molecule has 1 heterocycles. The predicted molar refractivity (Wildman–Crippen MR) is 104 cm³/mol. The molecule has 5 heteroatoms. The number of allylic oxidation sites excluding steroid dienone is 5. The van der Waals surface area contributed by atoms with E-state index in [2.05, 4.69) is 48.9 Å². The highest BCUT2D eigenvalue weighted by Crippen LogP contribution is 2.08. The number of nitrogens with one attached hydrogen (secondary N) is 1. The fourth-order valence-electron chi connectivity index (χ4n) is 2.49. The van der Waals surface area contributed by atoms with Crippen molar-refractivity contribution in [2.45, 2.75) is 51.9 Å². The van der Waals surface area contributed by atoms with Crippen molar-refractivity contribution in [3.63, 3.8) is 0 Å². The molecule has 1 saturated heterocycles. The fraction of sp³-hybridized carbons (Fsp3) is 0.524. The van der Waals surface area contributed by atoms with Crippen LogP contribution in [0.5, 0.6) is 0 Å². The van der Waals surface area contributed by atoms with E-state index in [0.717, 1.165) is 30.6 Å². The van der Waals surface area contributed by atoms with Crippen molar-refractivity contribution in [2.24, 2.45) is 5.92 Å². The molecular formula is C21H30N2O3. The van der Waals surface area contributed by atoms with Gasteiger partial charge in [-0.05, 0) is 45.4 Å². The Hall–Kier alpha value is -2.32. The van der Waals surface area contributed by atoms with E-state index < -0.39 is 24.6 Å². The summed E-state index contributed by atoms with van der Waals surface area (Å²) < 4.78 is 0. The molecule has 0 aromatic carbocycles. The second-order valence-corrected chi connectivity index (χ2v) is 6.37. The normalized spacial score (nSPS) is 17.8. The third-order valence-electron chi connectivity index (χ3n) is 4.08. The van der Waals surface area contributed by atoms with Crippen LogP contribution in [0, 0.1) is 17.8 Å². The van der Waals surface area contributed by atoms with E-state index in [9.17, 15) is 9.59 Å². The van der Waals surface area contributed by atoms with Crippen LogP contribution in [0.2, 0.25) is 0 Å². The fourth-order valence-corrected chi connectivity index (χ4v) is 2.49. The van der Waals surface area contributed by atoms with E-state index in [1.165, 1.54) is 18.4 Å². The highest BCUT2D eigenvalue weighted by molar-refractivity contribution is 5.99. The molecule has 1 fully saturated rings. The van der Waals surface area contributed by atoms with Crippen molar-refractivity contribution in [1.82, 2.24) is 10.2 Å². The lowest BCUT2D eigenvalue weighted by atomic mass is 10.1. The Labute approximate surface area is 156 Å². The van der Waals surface area contributed by atoms with Crippen LogP contribution in [-0.4, -0.2) is 35.2 Å². The van der Waals surface area contributed by atoms with E-state index in [1.54, 1.807) is 0 Å². The largest absolute Gasteiger partial charge is 0.376 e. The Balaban J connectivity index is 2.23. The standard InChI is InChI=1S/C21H30N2O3/c1-3-4-5-7-10-13-18(2)14-11-8-6-9-12-15-19-16-23(17-24)21(26)22-20(19)25/h3,8,11,13,19,24H,1,4-7,9-10,14,16-17H2,2H3,(H,22,25,26)/b11-8-,18-13+. The summed E-state index contributed by atoms with van der Waals surface area (Å²) in [7, 11) is 0. The Morgan fingerprint density at radius 3 is 2.81 bits per heavy atom. The highest BCUT2D eigenvalue weighted by Gasteiger charge is 2.30. The van der Waals surface area contributed by atoms with Gasteiger partial charge in [0.2, 0.25) is 5.91 Å². The van der Waals surface area contributed by atoms with Gasteiger partial charge in [-0.25, -0.2) is 4.79 Å². The Kier molecular flexibility index (Phi) is 10.8. The topological polar surface area (TPSA) is 69.6 Å². The number of carbonyl (C=O) groups excluding carboxylic acids is 2. The predicted octanol–water partition coefficient (Wildman–Crippen LogP) is 3.53. The number of urea groups is 1. The number of aliphatic hydroxyl groups is 1. The monoisotopic (exact) mass is 358 g/mol. The van der Waals surface area contributed by atoms with Crippen LogP contribution in [0.3, 0.4) is 0 Å². The number of nitrogens with zero attached hydrogens (tertiary/aromatic N) is 1. The van der Waals surface area contributed by atoms with Crippen LogP contribution in [0.4, 0.5) is 4.79 Å². The molecule has 26 heavy (non-hydrogen) atoms. The zero-order chi connectivity index (χ0) is 19.2. The summed E-state index contributed by atoms with van der Waals surface area (Å²) in [4.78, 5) is 24.2. The van der Waals surface area contributed by atoms with Gasteiger partial charge in [-0.3, -0.25) is 15.0 Å². The highest BCUT2D eigenvalue weighted by atomic mass is 16.3. The lowest BCUT2D eigenvalue weighted by molar-refractivity contribution is -0.124. The van der Waals surface area contributed by atoms with Gasteiger partial charge in [0.1, 0.15) is 12.6 Å². The van der Waals surface area contributed by atoms with E-state index >= 15 is 0 Å². The van der Waals surface area contributed by atoms with Gasteiger partial charge in [0.25, 0.3) is 0 Å². The number of rotatable bonds is 10. The van der Waals surface area contributed by atoms with Crippen molar-refractivity contribution in [3.8, 4) is 11.8 Å². The van der Waals surface area contributed by atoms with E-state index in [4.69, 9.17) is 5.11 Å². The summed E-state index contributed by atoms with van der Waals surface area (Å²) in [5.74, 6) is 4.90. The second kappa shape index (κ2) is 13.0. The van der Waals surface area contributed by atoms with Crippen molar-refractivity contribution in [3.05, 3.63) is 36.5 Å². The molecule has 2 N–H and O–H groups in total. The molecule has 142 valence electrons. The van der Waals surface area contributed by atoms with E-state index in [1.807, 2.05) is 6.08 Å². The maximum absolute atomic E-state index is 11.7. The van der Waals surface area contributed by atoms with Gasteiger partial charge in [-0.15, -0.1) is 12.5 Å². The summed E-state index contributed by atoms with van der Waals surface area (Å²) in [6.45, 7) is 5.60. The van der Waals surface area contributed by atoms with Crippen molar-refractivity contribution >= 4 is 11.9 Å². The smallest absolute Gasteiger partial charge is 0.325 e. The average Bonchev–Trinajstić information content (AvgIpc) is 2.62. The molecular weight excluding hydrogens is 328 g/mol. The summed E-state index contributed by atoms with van der Waals surface area (Å²) in [5.41, 5.74) is 1.37. The second-order valence-electron chi connectivity index (χ2n) is 6.37. The first kappa shape index (κ1) is 21.7. The Bertz CT molecular complexity index is 596. The number of aliphatic hydroxyl groups excluding tert-OH is 1. The van der Waals surface area contributed by atoms with E-state index in [-0.39, 0.29) is 6.54 Å². The Morgan fingerprint density at radius 1 is 1.31 bits per heavy atom. The van der Waals surface area contributed by atoms with E-state index in [0.29, 0.717) is 6.42 Å². The molecule has 5 nitrogen and oxygen atoms in total. The third-order valence-corrected chi connectivity index (χ3v) is 4.08. The number of hydrogen-bond donors (Lipinski definition) is 2. The maximum Gasteiger partial charge on any atom is 0.325 e. The number of carbonyl (C=O) groups is 2. The molecule has 1 aliphatic heterocycles. The van der Waals surface area contributed by atoms with Crippen molar-refractivity contribution in [2.75, 3.05) is 13.3 Å². The summed E-state index contributed by atoms with van der Waals surface area (Å²) in [5, 5.41) is 11.3. The molecule has 1 aliphatic rings. The van der Waals surface area contributed by atoms with Gasteiger partial charge in [0.05, 0.1) is 0 Å². The summed E-state index contributed by atoms with van der Waals surface area (Å²) in [6.07, 6.45) is 15.6. The minimum absolute atomic E-state index is 0.140. The first-order chi connectivity index (χ1) is 12.6. The van der Waals surface area contributed by atoms with Gasteiger partial charge >= 0.3 is 6.03 Å². The molecule has 0 radical (unpaired) electrons. The van der Waals surface area contributed by atoms with Crippen molar-refractivity contribution in [1.29, 1.82) is 0 Å². The first-order valence-corrected chi connectivity index (χ1v) is 9.19. The van der Waals surface area contributed by atoms with Gasteiger partial charge in [-0.1, -0.05) is 35.8 Å². The van der Waals surface area contributed by atoms with Gasteiger partial charge in [0, 0.05) is 13.0 Å². The zero-order valence-electron chi connectivity index (χ0n) is 15.7. The number of amides is 3. The van der Waals surface area contributed by atoms with Crippen molar-refractivity contribution < 1.29 is 14.7 Å². The molecule has 0 aliphatic carbocycles. The lowest BCUT2D eigenvalue weighted by Crippen LogP contribution is -2.54. The van der Waals surface area contributed by atoms with Crippen LogP contribution in [0.1, 0.15) is 51.9 Å². The summed E-state index contributed by atoms with van der Waals surface area (Å²) in [6, 6.07) is -0.567. The third kappa shape index (κ3) is 8.68. The van der Waals surface area contributed by atoms with Gasteiger partial charge in [-0.2, -0.15) is 0 Å². The molecule has 0 aromatic rings. The number of unbranched alkanes of at least 4 members (excludes halogenated alkanes) is 4. The van der Waals surface area contributed by atoms with Crippen LogP contribution in [-0.2, 0) is 4.79 Å². The molecule has 0 aromatic heterocycles. The minimum atomic E-state index is -0.574. The number of imide groups is 1. The minimum Gasteiger partial charge on any atom is -0.376 e. The van der Waals surface area contributed by atoms with Crippen LogP contribution in [0.25, 0.3) is 0 Å². The number of hydrogen-bond acceptors (Lipinski definition) is 3. The molecule has 1 rings (SSSR count).